The summed E-state index contributed by atoms with van der Waals surface area (Å²) in [5, 5.41) is 9.76. The summed E-state index contributed by atoms with van der Waals surface area (Å²) < 4.78 is 20.9. The SMILES string of the molecule is Fc1ccccc1-c1cccc2[nH]c(-c3n[nH]c4ccc(-c5cncc(OC6CCCCC6)c5)cc34)cc12. The van der Waals surface area contributed by atoms with E-state index in [4.69, 9.17) is 4.74 Å². The van der Waals surface area contributed by atoms with Gasteiger partial charge in [-0.1, -0.05) is 42.8 Å². The van der Waals surface area contributed by atoms with Crippen LogP contribution in [0, 0.1) is 5.82 Å². The maximum atomic E-state index is 14.6. The zero-order valence-electron chi connectivity index (χ0n) is 20.9. The van der Waals surface area contributed by atoms with Gasteiger partial charge in [0.25, 0.3) is 0 Å². The minimum absolute atomic E-state index is 0.235. The highest BCUT2D eigenvalue weighted by Gasteiger charge is 2.17. The third kappa shape index (κ3) is 4.12. The van der Waals surface area contributed by atoms with Crippen LogP contribution in [0.25, 0.3) is 55.4 Å². The molecule has 1 aliphatic carbocycles. The van der Waals surface area contributed by atoms with Crippen LogP contribution in [0.2, 0.25) is 0 Å². The van der Waals surface area contributed by atoms with Gasteiger partial charge >= 0.3 is 0 Å². The fourth-order valence-corrected chi connectivity index (χ4v) is 5.61. The molecule has 7 rings (SSSR count). The second kappa shape index (κ2) is 9.45. The van der Waals surface area contributed by atoms with Gasteiger partial charge in [0.05, 0.1) is 23.5 Å². The molecule has 38 heavy (non-hydrogen) atoms. The summed E-state index contributed by atoms with van der Waals surface area (Å²) in [6.07, 6.45) is 9.93. The third-order valence-corrected chi connectivity index (χ3v) is 7.55. The number of halogens is 1. The van der Waals surface area contributed by atoms with E-state index in [0.29, 0.717) is 5.56 Å². The van der Waals surface area contributed by atoms with Crippen molar-refractivity contribution in [3.8, 4) is 39.4 Å². The van der Waals surface area contributed by atoms with Crippen molar-refractivity contribution in [2.45, 2.75) is 38.2 Å². The molecule has 0 radical (unpaired) electrons. The first-order valence-corrected chi connectivity index (χ1v) is 13.2. The number of aromatic nitrogens is 4. The standard InChI is InChI=1S/C32H27FN4O/c33-28-11-5-4-9-25(28)24-10-6-12-29-26(24)17-31(35-29)32-27-16-20(13-14-30(27)36-37-32)21-15-23(19-34-18-21)38-22-7-2-1-3-8-22/h4-6,9-19,22,35H,1-3,7-8H2,(H,36,37). The Kier molecular flexibility index (Phi) is 5.65. The monoisotopic (exact) mass is 502 g/mol. The number of nitrogens with one attached hydrogen (secondary N) is 2. The topological polar surface area (TPSA) is 66.6 Å². The Balaban J connectivity index is 1.26. The number of H-pyrrole nitrogens is 2. The molecule has 0 amide bonds. The van der Waals surface area contributed by atoms with Gasteiger partial charge in [0.1, 0.15) is 17.3 Å². The lowest BCUT2D eigenvalue weighted by atomic mass is 9.98. The summed E-state index contributed by atoms with van der Waals surface area (Å²) in [4.78, 5) is 7.96. The molecule has 0 aliphatic heterocycles. The molecule has 0 atom stereocenters. The molecule has 0 bridgehead atoms. The highest BCUT2D eigenvalue weighted by atomic mass is 19.1. The van der Waals surface area contributed by atoms with Gasteiger partial charge in [-0.15, -0.1) is 0 Å². The molecule has 6 heteroatoms. The number of hydrogen-bond acceptors (Lipinski definition) is 3. The van der Waals surface area contributed by atoms with Crippen molar-refractivity contribution < 1.29 is 9.13 Å². The predicted molar refractivity (Wildman–Crippen MR) is 150 cm³/mol. The first-order valence-electron chi connectivity index (χ1n) is 13.2. The third-order valence-electron chi connectivity index (χ3n) is 7.55. The van der Waals surface area contributed by atoms with Crippen LogP contribution in [-0.4, -0.2) is 26.3 Å². The summed E-state index contributed by atoms with van der Waals surface area (Å²) >= 11 is 0. The van der Waals surface area contributed by atoms with E-state index < -0.39 is 0 Å². The molecule has 3 heterocycles. The van der Waals surface area contributed by atoms with E-state index in [1.54, 1.807) is 12.3 Å². The van der Waals surface area contributed by atoms with Crippen molar-refractivity contribution >= 4 is 21.8 Å². The van der Waals surface area contributed by atoms with Crippen LogP contribution in [0.4, 0.5) is 4.39 Å². The fraction of sp³-hybridized carbons (Fsp3) is 0.188. The zero-order valence-corrected chi connectivity index (χ0v) is 20.9. The van der Waals surface area contributed by atoms with Gasteiger partial charge in [-0.2, -0.15) is 5.10 Å². The first-order chi connectivity index (χ1) is 18.7. The molecule has 0 spiro atoms. The number of benzene rings is 3. The second-order valence-corrected chi connectivity index (χ2v) is 10.0. The summed E-state index contributed by atoms with van der Waals surface area (Å²) in [5.74, 6) is 0.583. The van der Waals surface area contributed by atoms with Crippen LogP contribution in [0.1, 0.15) is 32.1 Å². The summed E-state index contributed by atoms with van der Waals surface area (Å²) in [6.45, 7) is 0. The number of hydrogen-bond donors (Lipinski definition) is 2. The van der Waals surface area contributed by atoms with E-state index in [2.05, 4.69) is 44.4 Å². The van der Waals surface area contributed by atoms with E-state index in [1.165, 1.54) is 25.3 Å². The maximum absolute atomic E-state index is 14.6. The minimum atomic E-state index is -0.235. The van der Waals surface area contributed by atoms with Crippen molar-refractivity contribution in [2.24, 2.45) is 0 Å². The molecular formula is C32H27FN4O. The number of rotatable bonds is 5. The Morgan fingerprint density at radius 1 is 0.763 bits per heavy atom. The van der Waals surface area contributed by atoms with Crippen LogP contribution in [0.5, 0.6) is 5.75 Å². The lowest BCUT2D eigenvalue weighted by Gasteiger charge is -2.23. The van der Waals surface area contributed by atoms with E-state index in [9.17, 15) is 4.39 Å². The number of ether oxygens (including phenoxy) is 1. The van der Waals surface area contributed by atoms with Crippen LogP contribution < -0.4 is 4.74 Å². The van der Waals surface area contributed by atoms with Gasteiger partial charge in [0.2, 0.25) is 0 Å². The molecule has 1 fully saturated rings. The summed E-state index contributed by atoms with van der Waals surface area (Å²) in [7, 11) is 0. The Bertz CT molecular complexity index is 1760. The van der Waals surface area contributed by atoms with E-state index in [-0.39, 0.29) is 11.9 Å². The van der Waals surface area contributed by atoms with Gasteiger partial charge in [-0.3, -0.25) is 10.1 Å². The maximum Gasteiger partial charge on any atom is 0.138 e. The number of fused-ring (bicyclic) bond motifs is 2. The van der Waals surface area contributed by atoms with Crippen LogP contribution >= 0.6 is 0 Å². The predicted octanol–water partition coefficient (Wildman–Crippen LogP) is 8.29. The molecule has 0 unspecified atom stereocenters. The molecule has 0 saturated heterocycles. The molecule has 3 aromatic carbocycles. The Morgan fingerprint density at radius 2 is 1.63 bits per heavy atom. The highest BCUT2D eigenvalue weighted by molar-refractivity contribution is 6.01. The highest BCUT2D eigenvalue weighted by Crippen LogP contribution is 2.36. The van der Waals surface area contributed by atoms with Crippen molar-refractivity contribution in [3.63, 3.8) is 0 Å². The normalized spacial score (nSPS) is 14.3. The molecule has 5 nitrogen and oxygen atoms in total. The number of pyridine rings is 1. The summed E-state index contributed by atoms with van der Waals surface area (Å²) in [6, 6.07) is 23.2. The lowest BCUT2D eigenvalue weighted by molar-refractivity contribution is 0.154. The van der Waals surface area contributed by atoms with Crippen molar-refractivity contribution in [2.75, 3.05) is 0 Å². The number of nitrogens with zero attached hydrogens (tertiary/aromatic N) is 2. The van der Waals surface area contributed by atoms with E-state index in [1.807, 2.05) is 42.6 Å². The van der Waals surface area contributed by atoms with Gasteiger partial charge in [0.15, 0.2) is 0 Å². The molecule has 188 valence electrons. The lowest BCUT2D eigenvalue weighted by Crippen LogP contribution is -2.19. The molecule has 1 aliphatic rings. The van der Waals surface area contributed by atoms with Crippen LogP contribution in [0.15, 0.2) is 85.2 Å². The minimum Gasteiger partial charge on any atom is -0.489 e. The van der Waals surface area contributed by atoms with Crippen molar-refractivity contribution in [1.82, 2.24) is 20.2 Å². The number of aromatic amines is 2. The smallest absolute Gasteiger partial charge is 0.138 e. The Hall–Kier alpha value is -4.45. The zero-order chi connectivity index (χ0) is 25.5. The van der Waals surface area contributed by atoms with Crippen molar-refractivity contribution in [3.05, 3.63) is 91.0 Å². The molecule has 1 saturated carbocycles. The first kappa shape index (κ1) is 22.7. The molecule has 2 N–H and O–H groups in total. The average Bonchev–Trinajstić information content (AvgIpc) is 3.58. The van der Waals surface area contributed by atoms with Crippen molar-refractivity contribution in [1.29, 1.82) is 0 Å². The Morgan fingerprint density at radius 3 is 2.53 bits per heavy atom. The quantitative estimate of drug-likeness (QED) is 0.249. The van der Waals surface area contributed by atoms with Gasteiger partial charge in [-0.25, -0.2) is 4.39 Å². The van der Waals surface area contributed by atoms with Gasteiger partial charge in [0, 0.05) is 33.6 Å². The van der Waals surface area contributed by atoms with E-state index >= 15 is 0 Å². The average molecular weight is 503 g/mol. The second-order valence-electron chi connectivity index (χ2n) is 10.0. The summed E-state index contributed by atoms with van der Waals surface area (Å²) in [5.41, 5.74) is 7.06. The van der Waals surface area contributed by atoms with Crippen LogP contribution in [0.3, 0.4) is 0 Å². The largest absolute Gasteiger partial charge is 0.489 e. The van der Waals surface area contributed by atoms with Crippen LogP contribution in [-0.2, 0) is 0 Å². The van der Waals surface area contributed by atoms with Gasteiger partial charge < -0.3 is 9.72 Å². The fourth-order valence-electron chi connectivity index (χ4n) is 5.61. The van der Waals surface area contributed by atoms with Gasteiger partial charge in [-0.05, 0) is 73.2 Å². The molecular weight excluding hydrogens is 475 g/mol. The molecule has 6 aromatic rings. The molecule has 3 aromatic heterocycles. The Labute approximate surface area is 219 Å². The van der Waals surface area contributed by atoms with E-state index in [0.717, 1.165) is 68.5 Å².